The van der Waals surface area contributed by atoms with E-state index in [4.69, 9.17) is 0 Å². The second-order valence-corrected chi connectivity index (χ2v) is 6.88. The molecule has 0 aromatic heterocycles. The maximum absolute atomic E-state index is 3.87. The SMILES string of the molecule is CCCCCCCC(C)NC1CC(C)CC(C)C1. The van der Waals surface area contributed by atoms with E-state index in [0.29, 0.717) is 6.04 Å². The van der Waals surface area contributed by atoms with Crippen LogP contribution in [0.25, 0.3) is 0 Å². The molecule has 0 heterocycles. The van der Waals surface area contributed by atoms with Crippen LogP contribution in [0, 0.1) is 11.8 Å². The largest absolute Gasteiger partial charge is 0.311 e. The van der Waals surface area contributed by atoms with Gasteiger partial charge in [0.2, 0.25) is 0 Å². The molecule has 1 rings (SSSR count). The molecule has 3 unspecified atom stereocenters. The average Bonchev–Trinajstić information content (AvgIpc) is 2.27. The summed E-state index contributed by atoms with van der Waals surface area (Å²) in [5, 5.41) is 3.87. The minimum absolute atomic E-state index is 0.717. The monoisotopic (exact) mass is 253 g/mol. The van der Waals surface area contributed by atoms with E-state index in [9.17, 15) is 0 Å². The van der Waals surface area contributed by atoms with Gasteiger partial charge in [-0.15, -0.1) is 0 Å². The third-order valence-corrected chi connectivity index (χ3v) is 4.44. The van der Waals surface area contributed by atoms with E-state index < -0.39 is 0 Å². The molecule has 1 heteroatoms. The lowest BCUT2D eigenvalue weighted by molar-refractivity contribution is 0.225. The van der Waals surface area contributed by atoms with Gasteiger partial charge in [0.05, 0.1) is 0 Å². The zero-order valence-electron chi connectivity index (χ0n) is 13.2. The van der Waals surface area contributed by atoms with E-state index in [2.05, 4.69) is 33.0 Å². The fourth-order valence-corrected chi connectivity index (χ4v) is 3.62. The van der Waals surface area contributed by atoms with Gasteiger partial charge in [-0.1, -0.05) is 52.9 Å². The Morgan fingerprint density at radius 3 is 2.17 bits per heavy atom. The van der Waals surface area contributed by atoms with Gasteiger partial charge in [0.1, 0.15) is 0 Å². The number of unbranched alkanes of at least 4 members (excludes halogenated alkanes) is 4. The molecule has 0 spiro atoms. The van der Waals surface area contributed by atoms with E-state index in [1.807, 2.05) is 0 Å². The van der Waals surface area contributed by atoms with Crippen LogP contribution in [0.4, 0.5) is 0 Å². The van der Waals surface area contributed by atoms with Gasteiger partial charge in [0, 0.05) is 12.1 Å². The molecular formula is C17H35N. The smallest absolute Gasteiger partial charge is 0.00746 e. The van der Waals surface area contributed by atoms with Crippen molar-refractivity contribution in [2.75, 3.05) is 0 Å². The molecule has 3 atom stereocenters. The maximum Gasteiger partial charge on any atom is 0.00746 e. The molecule has 0 bridgehead atoms. The summed E-state index contributed by atoms with van der Waals surface area (Å²) in [6, 6.07) is 1.50. The summed E-state index contributed by atoms with van der Waals surface area (Å²) < 4.78 is 0. The third-order valence-electron chi connectivity index (χ3n) is 4.44. The van der Waals surface area contributed by atoms with Gasteiger partial charge < -0.3 is 5.32 Å². The van der Waals surface area contributed by atoms with Crippen molar-refractivity contribution in [1.82, 2.24) is 5.32 Å². The lowest BCUT2D eigenvalue weighted by Gasteiger charge is -2.34. The molecule has 0 aliphatic heterocycles. The zero-order valence-corrected chi connectivity index (χ0v) is 13.2. The quantitative estimate of drug-likeness (QED) is 0.590. The predicted molar refractivity (Wildman–Crippen MR) is 81.9 cm³/mol. The Morgan fingerprint density at radius 1 is 0.944 bits per heavy atom. The predicted octanol–water partition coefficient (Wildman–Crippen LogP) is 5.15. The Balaban J connectivity index is 2.09. The first-order valence-electron chi connectivity index (χ1n) is 8.37. The molecule has 18 heavy (non-hydrogen) atoms. The molecule has 0 saturated heterocycles. The summed E-state index contributed by atoms with van der Waals surface area (Å²) in [6.07, 6.45) is 12.6. The van der Waals surface area contributed by atoms with Gasteiger partial charge >= 0.3 is 0 Å². The van der Waals surface area contributed by atoms with Crippen LogP contribution in [0.2, 0.25) is 0 Å². The Labute approximate surface area is 115 Å². The minimum Gasteiger partial charge on any atom is -0.311 e. The van der Waals surface area contributed by atoms with Crippen molar-refractivity contribution in [3.63, 3.8) is 0 Å². The highest BCUT2D eigenvalue weighted by Gasteiger charge is 2.24. The Bertz CT molecular complexity index is 192. The van der Waals surface area contributed by atoms with Gasteiger partial charge in [-0.2, -0.15) is 0 Å². The number of hydrogen-bond acceptors (Lipinski definition) is 1. The first kappa shape index (κ1) is 16.0. The molecule has 1 aliphatic carbocycles. The molecule has 108 valence electrons. The topological polar surface area (TPSA) is 12.0 Å². The molecule has 0 amide bonds. The van der Waals surface area contributed by atoms with E-state index in [-0.39, 0.29) is 0 Å². The summed E-state index contributed by atoms with van der Waals surface area (Å²) in [5.41, 5.74) is 0. The second-order valence-electron chi connectivity index (χ2n) is 6.88. The second kappa shape index (κ2) is 8.96. The Hall–Kier alpha value is -0.0400. The summed E-state index contributed by atoms with van der Waals surface area (Å²) in [7, 11) is 0. The normalized spacial score (nSPS) is 30.3. The van der Waals surface area contributed by atoms with Crippen molar-refractivity contribution in [2.45, 2.75) is 97.6 Å². The Kier molecular flexibility index (Phi) is 7.97. The van der Waals surface area contributed by atoms with Crippen LogP contribution in [0.1, 0.15) is 85.5 Å². The van der Waals surface area contributed by atoms with E-state index in [1.165, 1.54) is 57.8 Å². The molecular weight excluding hydrogens is 218 g/mol. The van der Waals surface area contributed by atoms with Gasteiger partial charge in [0.15, 0.2) is 0 Å². The fraction of sp³-hybridized carbons (Fsp3) is 1.00. The lowest BCUT2D eigenvalue weighted by Crippen LogP contribution is -2.41. The van der Waals surface area contributed by atoms with Crippen LogP contribution < -0.4 is 5.32 Å². The van der Waals surface area contributed by atoms with Crippen molar-refractivity contribution in [1.29, 1.82) is 0 Å². The molecule has 0 aromatic carbocycles. The number of nitrogens with one attached hydrogen (secondary N) is 1. The first-order chi connectivity index (χ1) is 8.61. The molecule has 1 saturated carbocycles. The molecule has 1 nitrogen and oxygen atoms in total. The summed E-state index contributed by atoms with van der Waals surface area (Å²) in [6.45, 7) is 9.50. The van der Waals surface area contributed by atoms with E-state index in [0.717, 1.165) is 17.9 Å². The highest BCUT2D eigenvalue weighted by molar-refractivity contribution is 4.81. The number of rotatable bonds is 8. The van der Waals surface area contributed by atoms with Crippen molar-refractivity contribution < 1.29 is 0 Å². The summed E-state index contributed by atoms with van der Waals surface area (Å²) in [4.78, 5) is 0. The first-order valence-corrected chi connectivity index (χ1v) is 8.37. The van der Waals surface area contributed by atoms with Gasteiger partial charge in [-0.05, 0) is 44.4 Å². The summed E-state index contributed by atoms with van der Waals surface area (Å²) >= 11 is 0. The average molecular weight is 253 g/mol. The number of hydrogen-bond donors (Lipinski definition) is 1. The fourth-order valence-electron chi connectivity index (χ4n) is 3.62. The van der Waals surface area contributed by atoms with Crippen molar-refractivity contribution in [3.05, 3.63) is 0 Å². The van der Waals surface area contributed by atoms with Crippen LogP contribution in [0.3, 0.4) is 0 Å². The van der Waals surface area contributed by atoms with Crippen LogP contribution in [0.5, 0.6) is 0 Å². The van der Waals surface area contributed by atoms with E-state index >= 15 is 0 Å². The summed E-state index contributed by atoms with van der Waals surface area (Å²) in [5.74, 6) is 1.84. The third kappa shape index (κ3) is 6.78. The highest BCUT2D eigenvalue weighted by atomic mass is 14.9. The van der Waals surface area contributed by atoms with Crippen molar-refractivity contribution in [2.24, 2.45) is 11.8 Å². The van der Waals surface area contributed by atoms with Gasteiger partial charge in [-0.3, -0.25) is 0 Å². The molecule has 1 aliphatic rings. The molecule has 1 N–H and O–H groups in total. The van der Waals surface area contributed by atoms with Crippen LogP contribution in [0.15, 0.2) is 0 Å². The van der Waals surface area contributed by atoms with Crippen LogP contribution in [-0.4, -0.2) is 12.1 Å². The van der Waals surface area contributed by atoms with E-state index in [1.54, 1.807) is 0 Å². The van der Waals surface area contributed by atoms with Crippen molar-refractivity contribution >= 4 is 0 Å². The zero-order chi connectivity index (χ0) is 13.4. The molecule has 1 fully saturated rings. The Morgan fingerprint density at radius 2 is 1.56 bits per heavy atom. The van der Waals surface area contributed by atoms with Crippen molar-refractivity contribution in [3.8, 4) is 0 Å². The minimum atomic E-state index is 0.717. The lowest BCUT2D eigenvalue weighted by atomic mass is 9.80. The molecule has 0 radical (unpaired) electrons. The van der Waals surface area contributed by atoms with Gasteiger partial charge in [0.25, 0.3) is 0 Å². The van der Waals surface area contributed by atoms with Crippen LogP contribution >= 0.6 is 0 Å². The van der Waals surface area contributed by atoms with Crippen LogP contribution in [-0.2, 0) is 0 Å². The standard InChI is InChI=1S/C17H35N/c1-5-6-7-8-9-10-16(4)18-17-12-14(2)11-15(3)13-17/h14-18H,5-13H2,1-4H3. The maximum atomic E-state index is 3.87. The van der Waals surface area contributed by atoms with Gasteiger partial charge in [-0.25, -0.2) is 0 Å². The highest BCUT2D eigenvalue weighted by Crippen LogP contribution is 2.28. The molecule has 0 aromatic rings.